The third kappa shape index (κ3) is 6.22. The summed E-state index contributed by atoms with van der Waals surface area (Å²) in [6.07, 6.45) is 3.46. The van der Waals surface area contributed by atoms with E-state index in [0.717, 1.165) is 11.1 Å². The highest BCUT2D eigenvalue weighted by molar-refractivity contribution is 7.89. The van der Waals surface area contributed by atoms with Crippen LogP contribution in [0.3, 0.4) is 0 Å². The van der Waals surface area contributed by atoms with Gasteiger partial charge in [-0.1, -0.05) is 42.5 Å². The number of hydrogen-bond donors (Lipinski definition) is 1. The molecule has 0 aliphatic carbocycles. The second-order valence-corrected chi connectivity index (χ2v) is 8.60. The summed E-state index contributed by atoms with van der Waals surface area (Å²) in [5.74, 6) is -0.348. The van der Waals surface area contributed by atoms with E-state index in [2.05, 4.69) is 9.71 Å². The highest BCUT2D eigenvalue weighted by atomic mass is 32.2. The van der Waals surface area contributed by atoms with Crippen LogP contribution >= 0.6 is 0 Å². The van der Waals surface area contributed by atoms with Crippen LogP contribution in [0.25, 0.3) is 0 Å². The summed E-state index contributed by atoms with van der Waals surface area (Å²) in [6.45, 7) is 0.654. The summed E-state index contributed by atoms with van der Waals surface area (Å²) in [4.78, 5) is 18.7. The van der Waals surface area contributed by atoms with Gasteiger partial charge in [0.05, 0.1) is 17.4 Å². The van der Waals surface area contributed by atoms with E-state index in [-0.39, 0.29) is 42.4 Å². The van der Waals surface area contributed by atoms with Gasteiger partial charge in [0.15, 0.2) is 0 Å². The average molecular weight is 435 g/mol. The van der Waals surface area contributed by atoms with E-state index in [4.69, 9.17) is 5.26 Å². The van der Waals surface area contributed by atoms with Crippen LogP contribution in [0, 0.1) is 11.3 Å². The van der Waals surface area contributed by atoms with Crippen LogP contribution in [0.15, 0.2) is 84.0 Å². The Balaban J connectivity index is 1.79. The van der Waals surface area contributed by atoms with Gasteiger partial charge in [-0.25, -0.2) is 13.1 Å². The molecule has 8 heteroatoms. The number of nitriles is 1. The first kappa shape index (κ1) is 22.2. The van der Waals surface area contributed by atoms with Gasteiger partial charge in [-0.15, -0.1) is 0 Å². The fourth-order valence-electron chi connectivity index (χ4n) is 2.99. The molecule has 0 spiro atoms. The van der Waals surface area contributed by atoms with Crippen molar-refractivity contribution in [3.63, 3.8) is 0 Å². The number of rotatable bonds is 9. The summed E-state index contributed by atoms with van der Waals surface area (Å²) in [5.41, 5.74) is 1.89. The molecule has 0 atom stereocenters. The largest absolute Gasteiger partial charge is 0.333 e. The fourth-order valence-corrected chi connectivity index (χ4v) is 4.05. The Hall–Kier alpha value is -3.54. The maximum atomic E-state index is 13.1. The van der Waals surface area contributed by atoms with E-state index < -0.39 is 10.0 Å². The SMILES string of the molecule is N#CCCN(Cc1cccnc1)C(=O)c1cccc(S(=O)(=O)NCc2ccccc2)c1. The van der Waals surface area contributed by atoms with E-state index in [1.165, 1.54) is 23.1 Å². The lowest BCUT2D eigenvalue weighted by molar-refractivity contribution is 0.0746. The first-order valence-electron chi connectivity index (χ1n) is 9.68. The van der Waals surface area contributed by atoms with Crippen molar-refractivity contribution in [2.45, 2.75) is 24.4 Å². The number of sulfonamides is 1. The lowest BCUT2D eigenvalue weighted by Gasteiger charge is -2.22. The highest BCUT2D eigenvalue weighted by Gasteiger charge is 2.20. The molecular formula is C23H22N4O3S. The molecule has 7 nitrogen and oxygen atoms in total. The van der Waals surface area contributed by atoms with Crippen LogP contribution in [-0.4, -0.2) is 30.8 Å². The Morgan fingerprint density at radius 2 is 1.81 bits per heavy atom. The minimum Gasteiger partial charge on any atom is -0.333 e. The van der Waals surface area contributed by atoms with Crippen molar-refractivity contribution < 1.29 is 13.2 Å². The number of pyridine rings is 1. The number of carbonyl (C=O) groups is 1. The summed E-state index contributed by atoms with van der Waals surface area (Å²) in [6, 6.07) is 20.8. The number of amides is 1. The van der Waals surface area contributed by atoms with Gasteiger partial charge in [0.1, 0.15) is 0 Å². The number of benzene rings is 2. The molecule has 3 aromatic rings. The molecule has 0 aliphatic rings. The molecule has 31 heavy (non-hydrogen) atoms. The molecule has 3 rings (SSSR count). The molecule has 0 saturated carbocycles. The van der Waals surface area contributed by atoms with Crippen molar-refractivity contribution in [3.8, 4) is 6.07 Å². The van der Waals surface area contributed by atoms with Gasteiger partial charge in [-0.3, -0.25) is 9.78 Å². The molecule has 1 amide bonds. The van der Waals surface area contributed by atoms with Crippen LogP contribution in [0.1, 0.15) is 27.9 Å². The Morgan fingerprint density at radius 3 is 2.52 bits per heavy atom. The molecular weight excluding hydrogens is 412 g/mol. The molecule has 0 saturated heterocycles. The molecule has 1 aromatic heterocycles. The molecule has 0 radical (unpaired) electrons. The van der Waals surface area contributed by atoms with Gasteiger partial charge in [-0.2, -0.15) is 5.26 Å². The summed E-state index contributed by atoms with van der Waals surface area (Å²) < 4.78 is 28.0. The minimum atomic E-state index is -3.80. The fraction of sp³-hybridized carbons (Fsp3) is 0.174. The van der Waals surface area contributed by atoms with Crippen molar-refractivity contribution in [1.29, 1.82) is 5.26 Å². The zero-order chi connectivity index (χ0) is 22.1. The van der Waals surface area contributed by atoms with E-state index in [9.17, 15) is 13.2 Å². The quantitative estimate of drug-likeness (QED) is 0.557. The van der Waals surface area contributed by atoms with Crippen molar-refractivity contribution in [2.75, 3.05) is 6.54 Å². The molecule has 158 valence electrons. The lowest BCUT2D eigenvalue weighted by atomic mass is 10.1. The molecule has 0 bridgehead atoms. The average Bonchev–Trinajstić information content (AvgIpc) is 2.81. The van der Waals surface area contributed by atoms with Gasteiger partial charge in [0.25, 0.3) is 5.91 Å². The Kier molecular flexibility index (Phi) is 7.49. The Morgan fingerprint density at radius 1 is 1.03 bits per heavy atom. The van der Waals surface area contributed by atoms with E-state index >= 15 is 0 Å². The van der Waals surface area contributed by atoms with Crippen LogP contribution in [0.4, 0.5) is 0 Å². The van der Waals surface area contributed by atoms with Crippen molar-refractivity contribution in [2.24, 2.45) is 0 Å². The Labute approximate surface area is 182 Å². The van der Waals surface area contributed by atoms with E-state index in [1.54, 1.807) is 24.5 Å². The minimum absolute atomic E-state index is 0.0101. The standard InChI is InChI=1S/C23H22N4O3S/c24-12-6-14-27(18-20-9-5-13-25-16-20)23(28)21-10-4-11-22(15-21)31(29,30)26-17-19-7-2-1-3-8-19/h1-5,7-11,13,15-16,26H,6,14,17-18H2. The van der Waals surface area contributed by atoms with Crippen molar-refractivity contribution >= 4 is 15.9 Å². The number of carbonyl (C=O) groups excluding carboxylic acids is 1. The third-order valence-corrected chi connectivity index (χ3v) is 5.98. The van der Waals surface area contributed by atoms with Crippen molar-refractivity contribution in [3.05, 3.63) is 95.8 Å². The first-order valence-corrected chi connectivity index (χ1v) is 11.2. The van der Waals surface area contributed by atoms with Crippen LogP contribution in [-0.2, 0) is 23.1 Å². The molecule has 1 N–H and O–H groups in total. The number of hydrogen-bond acceptors (Lipinski definition) is 5. The van der Waals surface area contributed by atoms with Crippen LogP contribution in [0.5, 0.6) is 0 Å². The molecule has 0 unspecified atom stereocenters. The zero-order valence-corrected chi connectivity index (χ0v) is 17.6. The maximum Gasteiger partial charge on any atom is 0.254 e. The smallest absolute Gasteiger partial charge is 0.254 e. The molecule has 0 fully saturated rings. The molecule has 2 aromatic carbocycles. The monoisotopic (exact) mass is 434 g/mol. The van der Waals surface area contributed by atoms with Gasteiger partial charge in [0, 0.05) is 37.6 Å². The number of nitrogens with one attached hydrogen (secondary N) is 1. The highest BCUT2D eigenvalue weighted by Crippen LogP contribution is 2.16. The topological polar surface area (TPSA) is 103 Å². The van der Waals surface area contributed by atoms with Crippen LogP contribution < -0.4 is 4.72 Å². The normalized spacial score (nSPS) is 10.9. The van der Waals surface area contributed by atoms with E-state index in [1.807, 2.05) is 42.5 Å². The van der Waals surface area contributed by atoms with Crippen molar-refractivity contribution in [1.82, 2.24) is 14.6 Å². The van der Waals surface area contributed by atoms with Gasteiger partial charge in [-0.05, 0) is 35.4 Å². The number of aromatic nitrogens is 1. The molecule has 1 heterocycles. The predicted molar refractivity (Wildman–Crippen MR) is 116 cm³/mol. The zero-order valence-electron chi connectivity index (χ0n) is 16.8. The second-order valence-electron chi connectivity index (χ2n) is 6.83. The van der Waals surface area contributed by atoms with Gasteiger partial charge >= 0.3 is 0 Å². The summed E-state index contributed by atoms with van der Waals surface area (Å²) >= 11 is 0. The third-order valence-electron chi connectivity index (χ3n) is 4.58. The number of nitrogens with zero attached hydrogens (tertiary/aromatic N) is 3. The second kappa shape index (κ2) is 10.5. The van der Waals surface area contributed by atoms with Gasteiger partial charge < -0.3 is 4.90 Å². The van der Waals surface area contributed by atoms with Gasteiger partial charge in [0.2, 0.25) is 10.0 Å². The van der Waals surface area contributed by atoms with Crippen LogP contribution in [0.2, 0.25) is 0 Å². The Bertz CT molecular complexity index is 1160. The summed E-state index contributed by atoms with van der Waals surface area (Å²) in [5, 5.41) is 8.95. The molecule has 0 aliphatic heterocycles. The predicted octanol–water partition coefficient (Wildman–Crippen LogP) is 3.12. The summed E-state index contributed by atoms with van der Waals surface area (Å²) in [7, 11) is -3.80. The van der Waals surface area contributed by atoms with E-state index in [0.29, 0.717) is 0 Å². The first-order chi connectivity index (χ1) is 15.0. The lowest BCUT2D eigenvalue weighted by Crippen LogP contribution is -2.32. The maximum absolute atomic E-state index is 13.1.